The third kappa shape index (κ3) is 5.49. The molecule has 0 radical (unpaired) electrons. The number of hydrazone groups is 1. The average molecular weight is 388 g/mol. The molecule has 24 heavy (non-hydrogen) atoms. The molecule has 0 aliphatic heterocycles. The van der Waals surface area contributed by atoms with Gasteiger partial charge in [0.2, 0.25) is 5.91 Å². The molecule has 0 aliphatic carbocycles. The fraction of sp³-hybridized carbons (Fsp3) is 0.263. The SMILES string of the molecule is CCN(CC)c1ccc(C=NNC(=O)Cc2ccc(Br)cc2)cc1. The molecule has 5 heteroatoms. The first-order valence-corrected chi connectivity index (χ1v) is 8.83. The smallest absolute Gasteiger partial charge is 0.244 e. The molecule has 1 N–H and O–H groups in total. The number of nitrogens with zero attached hydrogens (tertiary/aromatic N) is 2. The molecule has 0 saturated heterocycles. The van der Waals surface area contributed by atoms with Crippen molar-refractivity contribution in [3.05, 3.63) is 64.1 Å². The number of rotatable bonds is 7. The number of carbonyl (C=O) groups excluding carboxylic acids is 1. The van der Waals surface area contributed by atoms with E-state index in [1.54, 1.807) is 6.21 Å². The highest BCUT2D eigenvalue weighted by molar-refractivity contribution is 9.10. The van der Waals surface area contributed by atoms with E-state index >= 15 is 0 Å². The van der Waals surface area contributed by atoms with Gasteiger partial charge in [-0.3, -0.25) is 4.79 Å². The van der Waals surface area contributed by atoms with Crippen LogP contribution in [0.25, 0.3) is 0 Å². The summed E-state index contributed by atoms with van der Waals surface area (Å²) < 4.78 is 0.998. The van der Waals surface area contributed by atoms with Crippen molar-refractivity contribution in [3.8, 4) is 0 Å². The van der Waals surface area contributed by atoms with Crippen molar-refractivity contribution >= 4 is 33.7 Å². The number of anilines is 1. The van der Waals surface area contributed by atoms with Crippen LogP contribution in [0, 0.1) is 0 Å². The van der Waals surface area contributed by atoms with E-state index < -0.39 is 0 Å². The number of halogens is 1. The Bertz CT molecular complexity index is 677. The Morgan fingerprint density at radius 1 is 1.08 bits per heavy atom. The quantitative estimate of drug-likeness (QED) is 0.576. The second-order valence-corrected chi connectivity index (χ2v) is 6.28. The zero-order valence-corrected chi connectivity index (χ0v) is 15.6. The maximum Gasteiger partial charge on any atom is 0.244 e. The summed E-state index contributed by atoms with van der Waals surface area (Å²) in [6.07, 6.45) is 1.97. The number of benzene rings is 2. The highest BCUT2D eigenvalue weighted by atomic mass is 79.9. The van der Waals surface area contributed by atoms with Crippen LogP contribution in [0.5, 0.6) is 0 Å². The van der Waals surface area contributed by atoms with Gasteiger partial charge in [-0.1, -0.05) is 40.2 Å². The molecule has 0 spiro atoms. The Hall–Kier alpha value is -2.14. The van der Waals surface area contributed by atoms with Gasteiger partial charge in [0.15, 0.2) is 0 Å². The van der Waals surface area contributed by atoms with Gasteiger partial charge in [0.05, 0.1) is 12.6 Å². The van der Waals surface area contributed by atoms with Crippen LogP contribution in [0.1, 0.15) is 25.0 Å². The van der Waals surface area contributed by atoms with Crippen LogP contribution in [-0.4, -0.2) is 25.2 Å². The molecule has 0 aromatic heterocycles. The Balaban J connectivity index is 1.86. The lowest BCUT2D eigenvalue weighted by atomic mass is 10.1. The topological polar surface area (TPSA) is 44.7 Å². The molecule has 0 fully saturated rings. The van der Waals surface area contributed by atoms with E-state index in [9.17, 15) is 4.79 Å². The normalized spacial score (nSPS) is 10.8. The van der Waals surface area contributed by atoms with Gasteiger partial charge >= 0.3 is 0 Å². The molecule has 0 bridgehead atoms. The summed E-state index contributed by atoms with van der Waals surface area (Å²) in [6, 6.07) is 15.8. The van der Waals surface area contributed by atoms with E-state index in [4.69, 9.17) is 0 Å². The van der Waals surface area contributed by atoms with Gasteiger partial charge in [0.25, 0.3) is 0 Å². The number of carbonyl (C=O) groups is 1. The van der Waals surface area contributed by atoms with Gasteiger partial charge in [0, 0.05) is 23.2 Å². The Morgan fingerprint density at radius 2 is 1.71 bits per heavy atom. The van der Waals surface area contributed by atoms with E-state index in [0.717, 1.165) is 28.7 Å². The molecule has 2 aromatic carbocycles. The first-order chi connectivity index (χ1) is 11.6. The van der Waals surface area contributed by atoms with E-state index in [-0.39, 0.29) is 5.91 Å². The van der Waals surface area contributed by atoms with Crippen LogP contribution in [0.3, 0.4) is 0 Å². The largest absolute Gasteiger partial charge is 0.372 e. The van der Waals surface area contributed by atoms with Crippen molar-refractivity contribution in [2.75, 3.05) is 18.0 Å². The van der Waals surface area contributed by atoms with Crippen LogP contribution < -0.4 is 10.3 Å². The summed E-state index contributed by atoms with van der Waals surface area (Å²) in [5.41, 5.74) is 5.66. The molecule has 0 saturated carbocycles. The highest BCUT2D eigenvalue weighted by Crippen LogP contribution is 2.14. The fourth-order valence-corrected chi connectivity index (χ4v) is 2.63. The van der Waals surface area contributed by atoms with E-state index in [2.05, 4.69) is 57.3 Å². The van der Waals surface area contributed by atoms with Gasteiger partial charge < -0.3 is 4.90 Å². The van der Waals surface area contributed by atoms with Crippen LogP contribution >= 0.6 is 15.9 Å². The van der Waals surface area contributed by atoms with Crippen molar-refractivity contribution in [2.24, 2.45) is 5.10 Å². The van der Waals surface area contributed by atoms with Crippen molar-refractivity contribution in [1.82, 2.24) is 5.43 Å². The predicted octanol–water partition coefficient (Wildman–Crippen LogP) is 3.99. The van der Waals surface area contributed by atoms with Crippen molar-refractivity contribution in [2.45, 2.75) is 20.3 Å². The molecule has 0 atom stereocenters. The van der Waals surface area contributed by atoms with E-state index in [1.807, 2.05) is 36.4 Å². The van der Waals surface area contributed by atoms with Gasteiger partial charge in [-0.25, -0.2) is 5.43 Å². The van der Waals surface area contributed by atoms with Crippen LogP contribution in [0.2, 0.25) is 0 Å². The number of amides is 1. The third-order valence-corrected chi connectivity index (χ3v) is 4.23. The minimum Gasteiger partial charge on any atom is -0.372 e. The lowest BCUT2D eigenvalue weighted by Crippen LogP contribution is -2.21. The summed E-state index contributed by atoms with van der Waals surface area (Å²) in [4.78, 5) is 14.1. The lowest BCUT2D eigenvalue weighted by molar-refractivity contribution is -0.120. The van der Waals surface area contributed by atoms with Gasteiger partial charge in [-0.05, 0) is 49.2 Å². The number of hydrogen-bond donors (Lipinski definition) is 1. The van der Waals surface area contributed by atoms with Crippen LogP contribution in [0.15, 0.2) is 58.1 Å². The van der Waals surface area contributed by atoms with Crippen LogP contribution in [-0.2, 0) is 11.2 Å². The summed E-state index contributed by atoms with van der Waals surface area (Å²) in [7, 11) is 0. The van der Waals surface area contributed by atoms with Gasteiger partial charge in [-0.15, -0.1) is 0 Å². The molecular formula is C19H22BrN3O. The van der Waals surface area contributed by atoms with Crippen molar-refractivity contribution < 1.29 is 4.79 Å². The monoisotopic (exact) mass is 387 g/mol. The summed E-state index contributed by atoms with van der Waals surface area (Å²) in [6.45, 7) is 6.24. The summed E-state index contributed by atoms with van der Waals surface area (Å²) in [5, 5.41) is 4.02. The predicted molar refractivity (Wildman–Crippen MR) is 104 cm³/mol. The lowest BCUT2D eigenvalue weighted by Gasteiger charge is -2.20. The third-order valence-electron chi connectivity index (χ3n) is 3.70. The highest BCUT2D eigenvalue weighted by Gasteiger charge is 2.02. The van der Waals surface area contributed by atoms with Crippen molar-refractivity contribution in [3.63, 3.8) is 0 Å². The molecule has 126 valence electrons. The molecule has 0 aliphatic rings. The zero-order chi connectivity index (χ0) is 17.4. The van der Waals surface area contributed by atoms with E-state index in [1.165, 1.54) is 5.69 Å². The molecule has 2 rings (SSSR count). The maximum absolute atomic E-state index is 11.9. The van der Waals surface area contributed by atoms with E-state index in [0.29, 0.717) is 6.42 Å². The second-order valence-electron chi connectivity index (χ2n) is 5.36. The molecule has 1 amide bonds. The Morgan fingerprint density at radius 3 is 2.29 bits per heavy atom. The molecule has 4 nitrogen and oxygen atoms in total. The van der Waals surface area contributed by atoms with Gasteiger partial charge in [-0.2, -0.15) is 5.10 Å². The van der Waals surface area contributed by atoms with Gasteiger partial charge in [0.1, 0.15) is 0 Å². The first-order valence-electron chi connectivity index (χ1n) is 8.03. The zero-order valence-electron chi connectivity index (χ0n) is 14.0. The van der Waals surface area contributed by atoms with Crippen LogP contribution in [0.4, 0.5) is 5.69 Å². The Labute approximate surface area is 151 Å². The molecule has 0 unspecified atom stereocenters. The average Bonchev–Trinajstić information content (AvgIpc) is 2.59. The minimum absolute atomic E-state index is 0.131. The standard InChI is InChI=1S/C19H22BrN3O/c1-3-23(4-2)18-11-7-16(8-12-18)14-21-22-19(24)13-15-5-9-17(20)10-6-15/h5-12,14H,3-4,13H2,1-2H3,(H,22,24). The second kappa shape index (κ2) is 9.23. The maximum atomic E-state index is 11.9. The van der Waals surface area contributed by atoms with Crippen molar-refractivity contribution in [1.29, 1.82) is 0 Å². The fourth-order valence-electron chi connectivity index (χ4n) is 2.37. The molecule has 0 heterocycles. The number of nitrogens with one attached hydrogen (secondary N) is 1. The first kappa shape index (κ1) is 18.2. The summed E-state index contributed by atoms with van der Waals surface area (Å²) in [5.74, 6) is -0.131. The minimum atomic E-state index is -0.131. The molecular weight excluding hydrogens is 366 g/mol. The molecule has 2 aromatic rings. The Kier molecular flexibility index (Phi) is 7.00. The summed E-state index contributed by atoms with van der Waals surface area (Å²) >= 11 is 3.38. The number of hydrogen-bond acceptors (Lipinski definition) is 3.